The summed E-state index contributed by atoms with van der Waals surface area (Å²) in [7, 11) is 5.47. The summed E-state index contributed by atoms with van der Waals surface area (Å²) in [6.07, 6.45) is 0.638. The summed E-state index contributed by atoms with van der Waals surface area (Å²) in [4.78, 5) is 28.3. The van der Waals surface area contributed by atoms with E-state index in [1.807, 2.05) is 14.1 Å². The van der Waals surface area contributed by atoms with Crippen LogP contribution in [-0.4, -0.2) is 56.0 Å². The molecule has 0 bridgehead atoms. The molecule has 6 nitrogen and oxygen atoms in total. The van der Waals surface area contributed by atoms with E-state index in [4.69, 9.17) is 4.74 Å². The predicted octanol–water partition coefficient (Wildman–Crippen LogP) is 1.79. The van der Waals surface area contributed by atoms with Gasteiger partial charge >= 0.3 is 0 Å². The van der Waals surface area contributed by atoms with Crippen LogP contribution in [0.5, 0.6) is 5.75 Å². The zero-order chi connectivity index (χ0) is 21.8. The minimum absolute atomic E-state index is 0.115. The van der Waals surface area contributed by atoms with Crippen LogP contribution in [0.2, 0.25) is 0 Å². The normalized spacial score (nSPS) is 18.3. The second-order valence-corrected chi connectivity index (χ2v) is 7.56. The number of ketones is 1. The Balaban J connectivity index is 2.12. The van der Waals surface area contributed by atoms with Crippen molar-refractivity contribution in [3.8, 4) is 5.75 Å². The largest absolute Gasteiger partial charge is 0.507 e. The van der Waals surface area contributed by atoms with Gasteiger partial charge in [0.2, 0.25) is 0 Å². The zero-order valence-corrected chi connectivity index (χ0v) is 17.3. The number of nitrogens with one attached hydrogen (secondary N) is 1. The fourth-order valence-corrected chi connectivity index (χ4v) is 3.66. The second-order valence-electron chi connectivity index (χ2n) is 7.56. The lowest BCUT2D eigenvalue weighted by molar-refractivity contribution is -0.858. The van der Waals surface area contributed by atoms with Crippen LogP contribution in [-0.2, 0) is 9.59 Å². The Morgan fingerprint density at radius 3 is 2.57 bits per heavy atom. The molecule has 1 fully saturated rings. The molecule has 2 N–H and O–H groups in total. The highest BCUT2D eigenvalue weighted by molar-refractivity contribution is 6.46. The molecule has 1 aliphatic heterocycles. The topological polar surface area (TPSA) is 71.3 Å². The van der Waals surface area contributed by atoms with E-state index >= 15 is 0 Å². The number of nitrogens with zero attached hydrogens (tertiary/aromatic N) is 1. The third kappa shape index (κ3) is 4.21. The van der Waals surface area contributed by atoms with Gasteiger partial charge in [0.05, 0.1) is 39.4 Å². The fourth-order valence-electron chi connectivity index (χ4n) is 3.66. The molecule has 0 saturated carbocycles. The lowest BCUT2D eigenvalue weighted by Crippen LogP contribution is -3.05. The smallest absolute Gasteiger partial charge is 0.295 e. The van der Waals surface area contributed by atoms with E-state index < -0.39 is 23.5 Å². The Kier molecular flexibility index (Phi) is 6.52. The highest BCUT2D eigenvalue weighted by atomic mass is 19.1. The fraction of sp³-hybridized carbons (Fsp3) is 0.304. The van der Waals surface area contributed by atoms with Crippen molar-refractivity contribution in [2.45, 2.75) is 12.5 Å². The summed E-state index contributed by atoms with van der Waals surface area (Å²) in [6.45, 7) is 1.06. The summed E-state index contributed by atoms with van der Waals surface area (Å²) < 4.78 is 19.9. The van der Waals surface area contributed by atoms with Gasteiger partial charge in [0.15, 0.2) is 0 Å². The number of hydrogen-bond donors (Lipinski definition) is 2. The van der Waals surface area contributed by atoms with Gasteiger partial charge < -0.3 is 19.6 Å². The number of halogens is 1. The van der Waals surface area contributed by atoms with Crippen LogP contribution in [0.15, 0.2) is 54.1 Å². The van der Waals surface area contributed by atoms with Crippen molar-refractivity contribution in [3.63, 3.8) is 0 Å². The molecule has 30 heavy (non-hydrogen) atoms. The van der Waals surface area contributed by atoms with Gasteiger partial charge in [-0.2, -0.15) is 0 Å². The number of aliphatic hydroxyl groups is 1. The number of carbonyl (C=O) groups is 2. The van der Waals surface area contributed by atoms with Crippen LogP contribution in [0.4, 0.5) is 4.39 Å². The van der Waals surface area contributed by atoms with E-state index in [1.54, 1.807) is 36.4 Å². The molecule has 3 rings (SSSR count). The Bertz CT molecular complexity index is 987. The molecule has 2 aromatic carbocycles. The van der Waals surface area contributed by atoms with E-state index in [0.29, 0.717) is 17.7 Å². The molecule has 158 valence electrons. The Morgan fingerprint density at radius 2 is 1.90 bits per heavy atom. The average molecular weight is 413 g/mol. The van der Waals surface area contributed by atoms with Crippen molar-refractivity contribution < 1.29 is 28.7 Å². The number of ether oxygens (including phenoxy) is 1. The molecule has 0 radical (unpaired) electrons. The molecular weight excluding hydrogens is 387 g/mol. The summed E-state index contributed by atoms with van der Waals surface area (Å²) >= 11 is 0. The number of quaternary nitrogens is 1. The minimum Gasteiger partial charge on any atom is -0.507 e. The molecule has 7 heteroatoms. The second kappa shape index (κ2) is 9.09. The molecule has 1 saturated heterocycles. The maximum absolute atomic E-state index is 14.7. The number of carbonyl (C=O) groups excluding carboxylic acids is 2. The van der Waals surface area contributed by atoms with E-state index in [0.717, 1.165) is 6.54 Å². The number of Topliss-reactive ketones (excluding diaryl/α,β-unsaturated/α-hetero) is 1. The van der Waals surface area contributed by atoms with Crippen LogP contribution in [0.3, 0.4) is 0 Å². The maximum Gasteiger partial charge on any atom is 0.295 e. The van der Waals surface area contributed by atoms with E-state index in [1.165, 1.54) is 29.0 Å². The van der Waals surface area contributed by atoms with Crippen molar-refractivity contribution in [1.82, 2.24) is 4.90 Å². The van der Waals surface area contributed by atoms with Gasteiger partial charge in [0.25, 0.3) is 11.7 Å². The van der Waals surface area contributed by atoms with E-state index in [-0.39, 0.29) is 23.4 Å². The number of aliphatic hydroxyl groups excluding tert-OH is 1. The first-order valence-electron chi connectivity index (χ1n) is 9.81. The van der Waals surface area contributed by atoms with Crippen LogP contribution < -0.4 is 9.64 Å². The molecule has 1 amide bonds. The van der Waals surface area contributed by atoms with Crippen LogP contribution in [0.1, 0.15) is 23.6 Å². The van der Waals surface area contributed by atoms with Gasteiger partial charge in [-0.3, -0.25) is 9.59 Å². The monoisotopic (exact) mass is 413 g/mol. The van der Waals surface area contributed by atoms with Gasteiger partial charge in [-0.1, -0.05) is 30.3 Å². The molecular formula is C23H26FN2O4+. The molecule has 1 atom stereocenters. The van der Waals surface area contributed by atoms with Crippen LogP contribution in [0, 0.1) is 5.82 Å². The van der Waals surface area contributed by atoms with Gasteiger partial charge in [-0.25, -0.2) is 4.39 Å². The summed E-state index contributed by atoms with van der Waals surface area (Å²) in [5.74, 6) is -1.95. The van der Waals surface area contributed by atoms with E-state index in [9.17, 15) is 19.1 Å². The number of methoxy groups -OCH3 is 1. The Hall–Kier alpha value is -3.19. The number of amides is 1. The van der Waals surface area contributed by atoms with Crippen molar-refractivity contribution >= 4 is 17.4 Å². The molecule has 1 heterocycles. The minimum atomic E-state index is -0.991. The standard InChI is InChI=1S/C23H25FN2O4/c1-25(2)12-7-13-26-20(17-10-4-5-11-18(17)24)19(22(28)23(26)29)21(27)15-8-6-9-16(14-15)30-3/h4-6,8-11,14,20,27H,7,12-13H2,1-3H3/p+1/t20-/m1/s1. The summed E-state index contributed by atoms with van der Waals surface area (Å²) in [6, 6.07) is 11.6. The summed E-state index contributed by atoms with van der Waals surface area (Å²) in [5.41, 5.74) is 0.389. The van der Waals surface area contributed by atoms with Crippen molar-refractivity contribution in [3.05, 3.63) is 71.0 Å². The molecule has 2 aromatic rings. The molecule has 0 aromatic heterocycles. The van der Waals surface area contributed by atoms with E-state index in [2.05, 4.69) is 0 Å². The molecule has 0 aliphatic carbocycles. The molecule has 0 unspecified atom stereocenters. The van der Waals surface area contributed by atoms with Gasteiger partial charge in [-0.05, 0) is 18.2 Å². The van der Waals surface area contributed by atoms with Gasteiger partial charge in [-0.15, -0.1) is 0 Å². The number of hydrogen-bond acceptors (Lipinski definition) is 4. The van der Waals surface area contributed by atoms with Gasteiger partial charge in [0.1, 0.15) is 17.3 Å². The Labute approximate surface area is 175 Å². The third-order valence-corrected chi connectivity index (χ3v) is 5.16. The SMILES string of the molecule is COc1cccc(C(O)=C2C(=O)C(=O)N(CCC[NH+](C)C)[C@@H]2c2ccccc2F)c1. The highest BCUT2D eigenvalue weighted by Gasteiger charge is 2.46. The first-order valence-corrected chi connectivity index (χ1v) is 9.81. The quantitative estimate of drug-likeness (QED) is 0.413. The predicted molar refractivity (Wildman–Crippen MR) is 111 cm³/mol. The number of benzene rings is 2. The van der Waals surface area contributed by atoms with Crippen molar-refractivity contribution in [1.29, 1.82) is 0 Å². The Morgan fingerprint density at radius 1 is 1.17 bits per heavy atom. The van der Waals surface area contributed by atoms with Crippen LogP contribution >= 0.6 is 0 Å². The lowest BCUT2D eigenvalue weighted by Gasteiger charge is -2.25. The molecule has 0 spiro atoms. The zero-order valence-electron chi connectivity index (χ0n) is 17.3. The third-order valence-electron chi connectivity index (χ3n) is 5.16. The number of rotatable bonds is 7. The first-order chi connectivity index (χ1) is 14.3. The van der Waals surface area contributed by atoms with Gasteiger partial charge in [0, 0.05) is 24.1 Å². The highest BCUT2D eigenvalue weighted by Crippen LogP contribution is 2.40. The first kappa shape index (κ1) is 21.5. The lowest BCUT2D eigenvalue weighted by atomic mass is 9.95. The molecule has 1 aliphatic rings. The number of likely N-dealkylation sites (tertiary alicyclic amines) is 1. The average Bonchev–Trinajstić information content (AvgIpc) is 2.98. The summed E-state index contributed by atoms with van der Waals surface area (Å²) in [5, 5.41) is 11.0. The van der Waals surface area contributed by atoms with Crippen LogP contribution in [0.25, 0.3) is 5.76 Å². The van der Waals surface area contributed by atoms with Crippen molar-refractivity contribution in [2.75, 3.05) is 34.3 Å². The van der Waals surface area contributed by atoms with Crippen molar-refractivity contribution in [2.24, 2.45) is 0 Å². The maximum atomic E-state index is 14.7.